The van der Waals surface area contributed by atoms with Gasteiger partial charge < -0.3 is 9.84 Å². The van der Waals surface area contributed by atoms with Crippen molar-refractivity contribution in [1.29, 1.82) is 0 Å². The van der Waals surface area contributed by atoms with Gasteiger partial charge in [0.25, 0.3) is 0 Å². The molecular weight excluding hydrogens is 290 g/mol. The SMILES string of the molecule is CCc1ccc(CO)cc1S(=O)(=O)NCC1(C)CCCO1. The molecule has 0 radical (unpaired) electrons. The van der Waals surface area contributed by atoms with Gasteiger partial charge in [0.1, 0.15) is 0 Å². The molecule has 0 aliphatic carbocycles. The summed E-state index contributed by atoms with van der Waals surface area (Å²) in [5.74, 6) is 0. The van der Waals surface area contributed by atoms with Gasteiger partial charge in [0.15, 0.2) is 0 Å². The van der Waals surface area contributed by atoms with E-state index in [-0.39, 0.29) is 18.0 Å². The van der Waals surface area contributed by atoms with Gasteiger partial charge in [0, 0.05) is 13.2 Å². The summed E-state index contributed by atoms with van der Waals surface area (Å²) in [5.41, 5.74) is 0.918. The fourth-order valence-corrected chi connectivity index (χ4v) is 4.06. The first-order chi connectivity index (χ1) is 9.90. The monoisotopic (exact) mass is 313 g/mol. The molecule has 2 rings (SSSR count). The Morgan fingerprint density at radius 3 is 2.76 bits per heavy atom. The second-order valence-electron chi connectivity index (χ2n) is 5.68. The van der Waals surface area contributed by atoms with E-state index in [2.05, 4.69) is 4.72 Å². The molecular formula is C15H23NO4S. The quantitative estimate of drug-likeness (QED) is 0.836. The maximum absolute atomic E-state index is 12.5. The highest BCUT2D eigenvalue weighted by Gasteiger charge is 2.31. The maximum atomic E-state index is 12.5. The minimum absolute atomic E-state index is 0.173. The fraction of sp³-hybridized carbons (Fsp3) is 0.600. The summed E-state index contributed by atoms with van der Waals surface area (Å²) in [6, 6.07) is 5.05. The number of hydrogen-bond donors (Lipinski definition) is 2. The van der Waals surface area contributed by atoms with Crippen LogP contribution in [0.4, 0.5) is 0 Å². The van der Waals surface area contributed by atoms with Crippen molar-refractivity contribution < 1.29 is 18.3 Å². The minimum Gasteiger partial charge on any atom is -0.392 e. The van der Waals surface area contributed by atoms with E-state index in [1.807, 2.05) is 13.8 Å². The van der Waals surface area contributed by atoms with Crippen LogP contribution in [0.2, 0.25) is 0 Å². The molecule has 1 atom stereocenters. The van der Waals surface area contributed by atoms with Gasteiger partial charge in [-0.25, -0.2) is 13.1 Å². The van der Waals surface area contributed by atoms with Crippen molar-refractivity contribution >= 4 is 10.0 Å². The summed E-state index contributed by atoms with van der Waals surface area (Å²) in [5, 5.41) is 9.20. The van der Waals surface area contributed by atoms with Gasteiger partial charge in [0.05, 0.1) is 17.1 Å². The highest BCUT2D eigenvalue weighted by atomic mass is 32.2. The maximum Gasteiger partial charge on any atom is 0.240 e. The molecule has 0 bridgehead atoms. The Morgan fingerprint density at radius 1 is 1.43 bits per heavy atom. The third-order valence-electron chi connectivity index (χ3n) is 3.92. The van der Waals surface area contributed by atoms with Gasteiger partial charge in [-0.2, -0.15) is 0 Å². The van der Waals surface area contributed by atoms with Crippen LogP contribution in [0.25, 0.3) is 0 Å². The standard InChI is InChI=1S/C15H23NO4S/c1-3-13-6-5-12(10-17)9-14(13)21(18,19)16-11-15(2)7-4-8-20-15/h5-6,9,16-17H,3-4,7-8,10-11H2,1-2H3. The van der Waals surface area contributed by atoms with E-state index in [4.69, 9.17) is 4.74 Å². The molecule has 1 aliphatic heterocycles. The summed E-state index contributed by atoms with van der Waals surface area (Å²) in [6.45, 7) is 4.61. The van der Waals surface area contributed by atoms with Gasteiger partial charge in [-0.1, -0.05) is 19.1 Å². The number of sulfonamides is 1. The van der Waals surface area contributed by atoms with E-state index >= 15 is 0 Å². The van der Waals surface area contributed by atoms with Crippen LogP contribution in [-0.4, -0.2) is 32.3 Å². The van der Waals surface area contributed by atoms with Crippen molar-refractivity contribution in [3.05, 3.63) is 29.3 Å². The van der Waals surface area contributed by atoms with Gasteiger partial charge in [-0.15, -0.1) is 0 Å². The molecule has 1 aromatic carbocycles. The molecule has 1 heterocycles. The molecule has 0 saturated carbocycles. The summed E-state index contributed by atoms with van der Waals surface area (Å²) in [7, 11) is -3.60. The number of nitrogens with one attached hydrogen (secondary N) is 1. The lowest BCUT2D eigenvalue weighted by molar-refractivity contribution is 0.0250. The number of hydrogen-bond acceptors (Lipinski definition) is 4. The van der Waals surface area contributed by atoms with Crippen molar-refractivity contribution in [2.75, 3.05) is 13.2 Å². The molecule has 6 heteroatoms. The van der Waals surface area contributed by atoms with Crippen molar-refractivity contribution in [3.63, 3.8) is 0 Å². The van der Waals surface area contributed by atoms with E-state index in [1.54, 1.807) is 18.2 Å². The van der Waals surface area contributed by atoms with Crippen LogP contribution >= 0.6 is 0 Å². The largest absolute Gasteiger partial charge is 0.392 e. The van der Waals surface area contributed by atoms with Gasteiger partial charge in [0.2, 0.25) is 10.0 Å². The summed E-state index contributed by atoms with van der Waals surface area (Å²) in [4.78, 5) is 0.248. The summed E-state index contributed by atoms with van der Waals surface area (Å²) >= 11 is 0. The highest BCUT2D eigenvalue weighted by Crippen LogP contribution is 2.25. The minimum atomic E-state index is -3.60. The molecule has 1 unspecified atom stereocenters. The summed E-state index contributed by atoms with van der Waals surface area (Å²) < 4.78 is 33.3. The van der Waals surface area contributed by atoms with Crippen LogP contribution < -0.4 is 4.72 Å². The highest BCUT2D eigenvalue weighted by molar-refractivity contribution is 7.89. The number of ether oxygens (including phenoxy) is 1. The molecule has 0 aromatic heterocycles. The normalized spacial score (nSPS) is 22.6. The Bertz CT molecular complexity index is 592. The number of benzene rings is 1. The van der Waals surface area contributed by atoms with Gasteiger partial charge in [-0.05, 0) is 43.4 Å². The van der Waals surface area contributed by atoms with Crippen LogP contribution in [0.1, 0.15) is 37.8 Å². The molecule has 0 spiro atoms. The Hall–Kier alpha value is -0.950. The number of aryl methyl sites for hydroxylation is 1. The Labute approximate surface area is 126 Å². The lowest BCUT2D eigenvalue weighted by Gasteiger charge is -2.23. The smallest absolute Gasteiger partial charge is 0.240 e. The number of aliphatic hydroxyl groups excluding tert-OH is 1. The van der Waals surface area contributed by atoms with Crippen molar-refractivity contribution in [1.82, 2.24) is 4.72 Å². The van der Waals surface area contributed by atoms with E-state index in [0.717, 1.165) is 18.4 Å². The topological polar surface area (TPSA) is 75.6 Å². The zero-order valence-electron chi connectivity index (χ0n) is 12.6. The van der Waals surface area contributed by atoms with Crippen molar-refractivity contribution in [2.45, 2.75) is 50.2 Å². The molecule has 2 N–H and O–H groups in total. The third-order valence-corrected chi connectivity index (χ3v) is 5.40. The predicted octanol–water partition coefficient (Wildman–Crippen LogP) is 1.59. The zero-order valence-corrected chi connectivity index (χ0v) is 13.4. The van der Waals surface area contributed by atoms with Gasteiger partial charge in [-0.3, -0.25) is 0 Å². The lowest BCUT2D eigenvalue weighted by Crippen LogP contribution is -2.40. The molecule has 1 fully saturated rings. The molecule has 5 nitrogen and oxygen atoms in total. The second-order valence-corrected chi connectivity index (χ2v) is 7.42. The second kappa shape index (κ2) is 6.44. The van der Waals surface area contributed by atoms with Crippen LogP contribution in [0.5, 0.6) is 0 Å². The van der Waals surface area contributed by atoms with Crippen LogP contribution in [0.15, 0.2) is 23.1 Å². The molecule has 1 aromatic rings. The first kappa shape index (κ1) is 16.4. The molecule has 0 amide bonds. The molecule has 21 heavy (non-hydrogen) atoms. The molecule has 1 saturated heterocycles. The van der Waals surface area contributed by atoms with Gasteiger partial charge >= 0.3 is 0 Å². The average molecular weight is 313 g/mol. The van der Waals surface area contributed by atoms with Crippen molar-refractivity contribution in [3.8, 4) is 0 Å². The molecule has 1 aliphatic rings. The van der Waals surface area contributed by atoms with Crippen molar-refractivity contribution in [2.24, 2.45) is 0 Å². The van der Waals surface area contributed by atoms with Crippen LogP contribution in [0, 0.1) is 0 Å². The summed E-state index contributed by atoms with van der Waals surface area (Å²) in [6.07, 6.45) is 2.43. The average Bonchev–Trinajstić information content (AvgIpc) is 2.92. The van der Waals surface area contributed by atoms with E-state index in [9.17, 15) is 13.5 Å². The zero-order chi connectivity index (χ0) is 15.5. The Morgan fingerprint density at radius 2 is 2.19 bits per heavy atom. The van der Waals surface area contributed by atoms with Crippen LogP contribution in [0.3, 0.4) is 0 Å². The van der Waals surface area contributed by atoms with E-state index in [0.29, 0.717) is 18.6 Å². The first-order valence-electron chi connectivity index (χ1n) is 7.26. The first-order valence-corrected chi connectivity index (χ1v) is 8.75. The van der Waals surface area contributed by atoms with Crippen LogP contribution in [-0.2, 0) is 27.8 Å². The lowest BCUT2D eigenvalue weighted by atomic mass is 10.0. The Kier molecular flexibility index (Phi) is 5.03. The third kappa shape index (κ3) is 3.83. The molecule has 118 valence electrons. The fourth-order valence-electron chi connectivity index (χ4n) is 2.54. The van der Waals surface area contributed by atoms with E-state index in [1.165, 1.54) is 0 Å². The number of aliphatic hydroxyl groups is 1. The number of rotatable bonds is 6. The Balaban J connectivity index is 2.22. The van der Waals surface area contributed by atoms with E-state index < -0.39 is 15.6 Å². The predicted molar refractivity (Wildman–Crippen MR) is 80.5 cm³/mol.